The van der Waals surface area contributed by atoms with Crippen molar-refractivity contribution < 1.29 is 4.79 Å². The Morgan fingerprint density at radius 3 is 2.11 bits per heavy atom. The van der Waals surface area contributed by atoms with Crippen LogP contribution in [0.1, 0.15) is 58.8 Å². The molecule has 0 aromatic carbocycles. The maximum atomic E-state index is 12.3. The van der Waals surface area contributed by atoms with Crippen LogP contribution in [0, 0.1) is 0 Å². The quantitative estimate of drug-likeness (QED) is 0.697. The molecule has 0 aromatic rings. The lowest BCUT2D eigenvalue weighted by molar-refractivity contribution is -0.132. The van der Waals surface area contributed by atoms with Crippen LogP contribution in [0.2, 0.25) is 0 Å². The molecule has 1 saturated carbocycles. The lowest BCUT2D eigenvalue weighted by Crippen LogP contribution is -2.43. The maximum Gasteiger partial charge on any atom is 0.236 e. The zero-order valence-electron chi connectivity index (χ0n) is 12.5. The number of nitrogens with zero attached hydrogens (tertiary/aromatic N) is 2. The number of carbonyl (C=O) groups excluding carboxylic acids is 1. The first-order valence-electron chi connectivity index (χ1n) is 7.67. The minimum absolute atomic E-state index is 0.312. The van der Waals surface area contributed by atoms with Crippen LogP contribution in [0.25, 0.3) is 0 Å². The van der Waals surface area contributed by atoms with Crippen molar-refractivity contribution in [3.05, 3.63) is 0 Å². The van der Waals surface area contributed by atoms with Gasteiger partial charge in [0.25, 0.3) is 0 Å². The predicted molar refractivity (Wildman–Crippen MR) is 76.7 cm³/mol. The smallest absolute Gasteiger partial charge is 0.236 e. The minimum atomic E-state index is 0.312. The number of hydrogen-bond acceptors (Lipinski definition) is 2. The number of likely N-dealkylation sites (N-methyl/N-ethyl adjacent to an activating group) is 1. The molecule has 1 amide bonds. The van der Waals surface area contributed by atoms with Crippen molar-refractivity contribution in [2.45, 2.75) is 64.8 Å². The second-order valence-corrected chi connectivity index (χ2v) is 5.59. The molecule has 18 heavy (non-hydrogen) atoms. The Morgan fingerprint density at radius 1 is 1.06 bits per heavy atom. The highest BCUT2D eigenvalue weighted by Gasteiger charge is 2.21. The zero-order valence-corrected chi connectivity index (χ0v) is 12.5. The van der Waals surface area contributed by atoms with E-state index in [0.717, 1.165) is 25.9 Å². The number of amides is 1. The van der Waals surface area contributed by atoms with Crippen LogP contribution >= 0.6 is 0 Å². The molecule has 0 aliphatic heterocycles. The van der Waals surface area contributed by atoms with Crippen molar-refractivity contribution in [1.82, 2.24) is 9.80 Å². The Kier molecular flexibility index (Phi) is 7.33. The Balaban J connectivity index is 2.40. The molecule has 1 aliphatic carbocycles. The summed E-state index contributed by atoms with van der Waals surface area (Å²) in [6.07, 6.45) is 8.68. The predicted octanol–water partition coefficient (Wildman–Crippen LogP) is 2.90. The van der Waals surface area contributed by atoms with Gasteiger partial charge in [0.1, 0.15) is 0 Å². The Morgan fingerprint density at radius 2 is 1.61 bits per heavy atom. The molecule has 1 rings (SSSR count). The van der Waals surface area contributed by atoms with Crippen molar-refractivity contribution >= 4 is 5.91 Å². The summed E-state index contributed by atoms with van der Waals surface area (Å²) in [4.78, 5) is 16.6. The number of carbonyl (C=O) groups is 1. The SMILES string of the molecule is CCCN(CCC)C(=O)CN(C)C1CCCCC1. The zero-order chi connectivity index (χ0) is 13.4. The summed E-state index contributed by atoms with van der Waals surface area (Å²) in [7, 11) is 2.12. The van der Waals surface area contributed by atoms with Crippen LogP contribution in [-0.4, -0.2) is 48.4 Å². The van der Waals surface area contributed by atoms with Crippen molar-refractivity contribution in [1.29, 1.82) is 0 Å². The molecule has 0 N–H and O–H groups in total. The van der Waals surface area contributed by atoms with Crippen LogP contribution in [0.3, 0.4) is 0 Å². The average Bonchev–Trinajstić information content (AvgIpc) is 2.39. The summed E-state index contributed by atoms with van der Waals surface area (Å²) in [5, 5.41) is 0. The summed E-state index contributed by atoms with van der Waals surface area (Å²) < 4.78 is 0. The normalized spacial score (nSPS) is 17.1. The van der Waals surface area contributed by atoms with Gasteiger partial charge in [0.15, 0.2) is 0 Å². The minimum Gasteiger partial charge on any atom is -0.342 e. The largest absolute Gasteiger partial charge is 0.342 e. The first kappa shape index (κ1) is 15.5. The number of hydrogen-bond donors (Lipinski definition) is 0. The van der Waals surface area contributed by atoms with Crippen molar-refractivity contribution in [3.8, 4) is 0 Å². The van der Waals surface area contributed by atoms with Gasteiger partial charge in [-0.25, -0.2) is 0 Å². The second-order valence-electron chi connectivity index (χ2n) is 5.59. The standard InChI is InChI=1S/C15H30N2O/c1-4-11-17(12-5-2)15(18)13-16(3)14-9-7-6-8-10-14/h14H,4-13H2,1-3H3. The van der Waals surface area contributed by atoms with E-state index < -0.39 is 0 Å². The third kappa shape index (κ3) is 4.97. The monoisotopic (exact) mass is 254 g/mol. The van der Waals surface area contributed by atoms with Crippen LogP contribution in [0.15, 0.2) is 0 Å². The highest BCUT2D eigenvalue weighted by Crippen LogP contribution is 2.21. The fourth-order valence-electron chi connectivity index (χ4n) is 2.87. The molecule has 0 heterocycles. The fourth-order valence-corrected chi connectivity index (χ4v) is 2.87. The van der Waals surface area contributed by atoms with E-state index in [-0.39, 0.29) is 0 Å². The molecular weight excluding hydrogens is 224 g/mol. The van der Waals surface area contributed by atoms with Gasteiger partial charge < -0.3 is 4.90 Å². The third-order valence-corrected chi connectivity index (χ3v) is 3.92. The Labute approximate surface area is 113 Å². The van der Waals surface area contributed by atoms with Gasteiger partial charge in [-0.05, 0) is 32.7 Å². The fraction of sp³-hybridized carbons (Fsp3) is 0.933. The van der Waals surface area contributed by atoms with Crippen LogP contribution in [0.4, 0.5) is 0 Å². The summed E-state index contributed by atoms with van der Waals surface area (Å²) in [5.74, 6) is 0.312. The van der Waals surface area contributed by atoms with Crippen LogP contribution < -0.4 is 0 Å². The first-order chi connectivity index (χ1) is 8.69. The molecule has 0 unspecified atom stereocenters. The van der Waals surface area contributed by atoms with Crippen molar-refractivity contribution in [2.75, 3.05) is 26.7 Å². The lowest BCUT2D eigenvalue weighted by atomic mass is 9.94. The van der Waals surface area contributed by atoms with Crippen molar-refractivity contribution in [2.24, 2.45) is 0 Å². The van der Waals surface area contributed by atoms with Gasteiger partial charge in [0.05, 0.1) is 6.54 Å². The molecular formula is C15H30N2O. The first-order valence-corrected chi connectivity index (χ1v) is 7.67. The number of rotatable bonds is 7. The second kappa shape index (κ2) is 8.52. The average molecular weight is 254 g/mol. The highest BCUT2D eigenvalue weighted by atomic mass is 16.2. The molecule has 3 heteroatoms. The molecule has 0 aromatic heterocycles. The van der Waals surface area contributed by atoms with E-state index in [1.807, 2.05) is 4.90 Å². The van der Waals surface area contributed by atoms with Crippen LogP contribution in [-0.2, 0) is 4.79 Å². The third-order valence-electron chi connectivity index (χ3n) is 3.92. The summed E-state index contributed by atoms with van der Waals surface area (Å²) in [5.41, 5.74) is 0. The van der Waals surface area contributed by atoms with Gasteiger partial charge >= 0.3 is 0 Å². The van der Waals surface area contributed by atoms with Gasteiger partial charge in [0, 0.05) is 19.1 Å². The van der Waals surface area contributed by atoms with Crippen molar-refractivity contribution in [3.63, 3.8) is 0 Å². The van der Waals surface area contributed by atoms with E-state index in [1.165, 1.54) is 32.1 Å². The van der Waals surface area contributed by atoms with Gasteiger partial charge in [-0.1, -0.05) is 33.1 Å². The van der Waals surface area contributed by atoms with Gasteiger partial charge in [0.2, 0.25) is 5.91 Å². The molecule has 106 valence electrons. The van der Waals surface area contributed by atoms with E-state index >= 15 is 0 Å². The molecule has 1 aliphatic rings. The van der Waals surface area contributed by atoms with E-state index in [0.29, 0.717) is 18.5 Å². The topological polar surface area (TPSA) is 23.6 Å². The van der Waals surface area contributed by atoms with E-state index in [1.54, 1.807) is 0 Å². The van der Waals surface area contributed by atoms with E-state index in [2.05, 4.69) is 25.8 Å². The molecule has 0 bridgehead atoms. The summed E-state index contributed by atoms with van der Waals surface area (Å²) in [6, 6.07) is 0.632. The Bertz CT molecular complexity index is 231. The molecule has 0 atom stereocenters. The van der Waals surface area contributed by atoms with E-state index in [9.17, 15) is 4.79 Å². The highest BCUT2D eigenvalue weighted by molar-refractivity contribution is 5.78. The van der Waals surface area contributed by atoms with E-state index in [4.69, 9.17) is 0 Å². The molecule has 1 fully saturated rings. The Hall–Kier alpha value is -0.570. The van der Waals surface area contributed by atoms with Gasteiger partial charge in [-0.15, -0.1) is 0 Å². The van der Waals surface area contributed by atoms with Gasteiger partial charge in [-0.3, -0.25) is 9.69 Å². The van der Waals surface area contributed by atoms with Crippen LogP contribution in [0.5, 0.6) is 0 Å². The maximum absolute atomic E-state index is 12.3. The summed E-state index contributed by atoms with van der Waals surface area (Å²) in [6.45, 7) is 6.70. The molecule has 0 radical (unpaired) electrons. The molecule has 0 spiro atoms. The molecule has 3 nitrogen and oxygen atoms in total. The lowest BCUT2D eigenvalue weighted by Gasteiger charge is -2.32. The molecule has 0 saturated heterocycles. The van der Waals surface area contributed by atoms with Gasteiger partial charge in [-0.2, -0.15) is 0 Å². The summed E-state index contributed by atoms with van der Waals surface area (Å²) >= 11 is 0.